The minimum Gasteiger partial charge on any atom is -0.357 e. The number of halogens is 1. The van der Waals surface area contributed by atoms with Gasteiger partial charge < -0.3 is 15.6 Å². The molecule has 3 aromatic rings. The molecule has 1 heterocycles. The molecule has 2 aromatic carbocycles. The van der Waals surface area contributed by atoms with E-state index in [1.807, 2.05) is 36.4 Å². The Morgan fingerprint density at radius 2 is 1.88 bits per heavy atom. The second-order valence-electron chi connectivity index (χ2n) is 5.58. The average molecular weight is 341 g/mol. The Morgan fingerprint density at radius 3 is 2.67 bits per heavy atom. The molecule has 0 spiro atoms. The van der Waals surface area contributed by atoms with E-state index >= 15 is 0 Å². The first kappa shape index (κ1) is 16.4. The van der Waals surface area contributed by atoms with Crippen LogP contribution in [0.3, 0.4) is 0 Å². The molecule has 0 unspecified atom stereocenters. The van der Waals surface area contributed by atoms with Crippen molar-refractivity contribution in [3.8, 4) is 0 Å². The maximum atomic E-state index is 6.18. The van der Waals surface area contributed by atoms with Crippen LogP contribution in [0.1, 0.15) is 11.3 Å². The number of nitrogens with zero attached hydrogens (tertiary/aromatic N) is 1. The van der Waals surface area contributed by atoms with Crippen LogP contribution in [0.4, 0.5) is 0 Å². The molecule has 24 heavy (non-hydrogen) atoms. The van der Waals surface area contributed by atoms with Crippen LogP contribution in [0.2, 0.25) is 5.02 Å². The van der Waals surface area contributed by atoms with Crippen LogP contribution < -0.4 is 10.6 Å². The van der Waals surface area contributed by atoms with Crippen LogP contribution in [0.5, 0.6) is 0 Å². The Bertz CT molecular complexity index is 805. The van der Waals surface area contributed by atoms with Crippen LogP contribution >= 0.6 is 11.6 Å². The van der Waals surface area contributed by atoms with Gasteiger partial charge in [0.2, 0.25) is 0 Å². The van der Waals surface area contributed by atoms with Crippen molar-refractivity contribution in [2.24, 2.45) is 4.99 Å². The summed E-state index contributed by atoms with van der Waals surface area (Å²) in [6.07, 6.45) is 0.854. The Balaban J connectivity index is 1.51. The monoisotopic (exact) mass is 340 g/mol. The van der Waals surface area contributed by atoms with Crippen molar-refractivity contribution in [2.75, 3.05) is 13.6 Å². The topological polar surface area (TPSA) is 52.2 Å². The number of aliphatic imine (C=N–C) groups is 1. The number of H-pyrrole nitrogens is 1. The van der Waals surface area contributed by atoms with E-state index in [0.29, 0.717) is 6.54 Å². The lowest BCUT2D eigenvalue weighted by atomic mass is 10.1. The van der Waals surface area contributed by atoms with Gasteiger partial charge in [0.1, 0.15) is 0 Å². The zero-order valence-electron chi connectivity index (χ0n) is 13.6. The van der Waals surface area contributed by atoms with Gasteiger partial charge in [-0.3, -0.25) is 4.99 Å². The molecule has 4 nitrogen and oxygen atoms in total. The van der Waals surface area contributed by atoms with Gasteiger partial charge in [-0.2, -0.15) is 0 Å². The van der Waals surface area contributed by atoms with Crippen LogP contribution in [-0.4, -0.2) is 24.5 Å². The highest BCUT2D eigenvalue weighted by atomic mass is 35.5. The molecule has 0 aliphatic heterocycles. The van der Waals surface area contributed by atoms with Crippen molar-refractivity contribution in [2.45, 2.75) is 13.0 Å². The summed E-state index contributed by atoms with van der Waals surface area (Å²) in [5.41, 5.74) is 3.42. The fraction of sp³-hybridized carbons (Fsp3) is 0.211. The minimum atomic E-state index is 0.695. The third kappa shape index (κ3) is 4.09. The zero-order valence-corrected chi connectivity index (χ0v) is 14.4. The van der Waals surface area contributed by atoms with Crippen molar-refractivity contribution in [1.82, 2.24) is 15.6 Å². The quantitative estimate of drug-likeness (QED) is 0.489. The van der Waals surface area contributed by atoms with Gasteiger partial charge >= 0.3 is 0 Å². The number of hydrogen-bond acceptors (Lipinski definition) is 1. The maximum absolute atomic E-state index is 6.18. The molecule has 0 radical (unpaired) electrons. The number of guanidine groups is 1. The Hall–Kier alpha value is -2.46. The summed E-state index contributed by atoms with van der Waals surface area (Å²) >= 11 is 6.18. The molecule has 3 N–H and O–H groups in total. The zero-order chi connectivity index (χ0) is 16.8. The predicted molar refractivity (Wildman–Crippen MR) is 102 cm³/mol. The number of aromatic nitrogens is 1. The van der Waals surface area contributed by atoms with Gasteiger partial charge in [-0.25, -0.2) is 0 Å². The standard InChI is InChI=1S/C19H21ClN4/c1-21-19(22-11-10-14-6-2-4-8-17(14)20)23-13-16-12-15-7-3-5-9-18(15)24-16/h2-9,12,24H,10-11,13H2,1H3,(H2,21,22,23). The number of para-hydroxylation sites is 1. The van der Waals surface area contributed by atoms with Gasteiger partial charge in [0.05, 0.1) is 6.54 Å². The fourth-order valence-electron chi connectivity index (χ4n) is 2.64. The molecule has 0 aliphatic carbocycles. The Kier molecular flexibility index (Phi) is 5.39. The van der Waals surface area contributed by atoms with E-state index in [0.717, 1.165) is 40.7 Å². The second kappa shape index (κ2) is 7.88. The van der Waals surface area contributed by atoms with Crippen LogP contribution in [0.25, 0.3) is 10.9 Å². The lowest BCUT2D eigenvalue weighted by Crippen LogP contribution is -2.37. The first-order chi connectivity index (χ1) is 11.8. The smallest absolute Gasteiger partial charge is 0.191 e. The van der Waals surface area contributed by atoms with E-state index in [9.17, 15) is 0 Å². The number of nitrogens with one attached hydrogen (secondary N) is 3. The van der Waals surface area contributed by atoms with E-state index in [1.165, 1.54) is 5.39 Å². The molecule has 0 saturated carbocycles. The number of fused-ring (bicyclic) bond motifs is 1. The van der Waals surface area contributed by atoms with Crippen molar-refractivity contribution in [1.29, 1.82) is 0 Å². The fourth-order valence-corrected chi connectivity index (χ4v) is 2.88. The molecular weight excluding hydrogens is 320 g/mol. The molecule has 0 aliphatic rings. The van der Waals surface area contributed by atoms with Gasteiger partial charge in [0.15, 0.2) is 5.96 Å². The van der Waals surface area contributed by atoms with Gasteiger partial charge in [0.25, 0.3) is 0 Å². The molecule has 0 amide bonds. The summed E-state index contributed by atoms with van der Waals surface area (Å²) in [7, 11) is 1.77. The van der Waals surface area contributed by atoms with Gasteiger partial charge in [0, 0.05) is 29.8 Å². The number of benzene rings is 2. The van der Waals surface area contributed by atoms with E-state index < -0.39 is 0 Å². The van der Waals surface area contributed by atoms with Crippen LogP contribution in [0.15, 0.2) is 59.6 Å². The molecular formula is C19H21ClN4. The molecule has 3 rings (SSSR count). The van der Waals surface area contributed by atoms with Crippen LogP contribution in [0, 0.1) is 0 Å². The number of aromatic amines is 1. The summed E-state index contributed by atoms with van der Waals surface area (Å²) in [4.78, 5) is 7.66. The predicted octanol–water partition coefficient (Wildman–Crippen LogP) is 3.73. The van der Waals surface area contributed by atoms with Crippen molar-refractivity contribution in [3.05, 3.63) is 70.9 Å². The Labute approximate surface area is 147 Å². The molecule has 124 valence electrons. The highest BCUT2D eigenvalue weighted by molar-refractivity contribution is 6.31. The van der Waals surface area contributed by atoms with Gasteiger partial charge in [-0.05, 0) is 35.6 Å². The summed E-state index contributed by atoms with van der Waals surface area (Å²) in [5, 5.41) is 8.66. The average Bonchev–Trinajstić information content (AvgIpc) is 3.02. The lowest BCUT2D eigenvalue weighted by molar-refractivity contribution is 0.787. The third-order valence-corrected chi connectivity index (χ3v) is 4.27. The maximum Gasteiger partial charge on any atom is 0.191 e. The van der Waals surface area contributed by atoms with E-state index in [1.54, 1.807) is 7.05 Å². The SMILES string of the molecule is CN=C(NCCc1ccccc1Cl)NCc1cc2ccccc2[nH]1. The van der Waals surface area contributed by atoms with Crippen molar-refractivity contribution in [3.63, 3.8) is 0 Å². The molecule has 0 bridgehead atoms. The highest BCUT2D eigenvalue weighted by Gasteiger charge is 2.03. The van der Waals surface area contributed by atoms with E-state index in [2.05, 4.69) is 38.8 Å². The van der Waals surface area contributed by atoms with E-state index in [-0.39, 0.29) is 0 Å². The lowest BCUT2D eigenvalue weighted by Gasteiger charge is -2.11. The molecule has 0 fully saturated rings. The third-order valence-electron chi connectivity index (χ3n) is 3.90. The normalized spacial score (nSPS) is 11.7. The summed E-state index contributed by atoms with van der Waals surface area (Å²) in [6, 6.07) is 18.3. The molecule has 0 atom stereocenters. The first-order valence-corrected chi connectivity index (χ1v) is 8.38. The summed E-state index contributed by atoms with van der Waals surface area (Å²) in [6.45, 7) is 1.47. The van der Waals surface area contributed by atoms with Crippen molar-refractivity contribution >= 4 is 28.5 Å². The van der Waals surface area contributed by atoms with Gasteiger partial charge in [-0.15, -0.1) is 0 Å². The number of hydrogen-bond donors (Lipinski definition) is 3. The second-order valence-corrected chi connectivity index (χ2v) is 5.98. The first-order valence-electron chi connectivity index (χ1n) is 8.01. The highest BCUT2D eigenvalue weighted by Crippen LogP contribution is 2.15. The molecule has 1 aromatic heterocycles. The molecule has 0 saturated heterocycles. The van der Waals surface area contributed by atoms with Crippen molar-refractivity contribution < 1.29 is 0 Å². The van der Waals surface area contributed by atoms with Crippen LogP contribution in [-0.2, 0) is 13.0 Å². The minimum absolute atomic E-state index is 0.695. The molecule has 5 heteroatoms. The van der Waals surface area contributed by atoms with E-state index in [4.69, 9.17) is 11.6 Å². The largest absolute Gasteiger partial charge is 0.357 e. The Morgan fingerprint density at radius 1 is 1.08 bits per heavy atom. The number of rotatable bonds is 5. The summed E-state index contributed by atoms with van der Waals surface area (Å²) in [5.74, 6) is 0.778. The summed E-state index contributed by atoms with van der Waals surface area (Å²) < 4.78 is 0. The van der Waals surface area contributed by atoms with Gasteiger partial charge in [-0.1, -0.05) is 48.0 Å².